The molecule has 0 aliphatic heterocycles. The predicted molar refractivity (Wildman–Crippen MR) is 90.1 cm³/mol. The van der Waals surface area contributed by atoms with Crippen molar-refractivity contribution in [3.8, 4) is 0 Å². The number of carbonyl (C=O) groups excluding carboxylic acids is 2. The van der Waals surface area contributed by atoms with Gasteiger partial charge in [-0.2, -0.15) is 0 Å². The Kier molecular flexibility index (Phi) is 6.88. The molecule has 0 aromatic heterocycles. The summed E-state index contributed by atoms with van der Waals surface area (Å²) in [4.78, 5) is 36.8. The number of esters is 1. The molecule has 0 saturated carbocycles. The molecule has 0 unspecified atom stereocenters. The van der Waals surface area contributed by atoms with Crippen molar-refractivity contribution in [3.63, 3.8) is 0 Å². The van der Waals surface area contributed by atoms with Crippen molar-refractivity contribution in [2.45, 2.75) is 40.7 Å². The summed E-state index contributed by atoms with van der Waals surface area (Å²) < 4.78 is 4.88. The molecule has 1 amide bonds. The zero-order valence-electron chi connectivity index (χ0n) is 14.7. The smallest absolute Gasteiger partial charge is 0.338 e. The van der Waals surface area contributed by atoms with Gasteiger partial charge in [-0.1, -0.05) is 13.8 Å². The molecule has 1 aromatic carbocycles. The van der Waals surface area contributed by atoms with Gasteiger partial charge in [0.2, 0.25) is 0 Å². The van der Waals surface area contributed by atoms with E-state index in [2.05, 4.69) is 0 Å². The molecule has 1 atom stereocenters. The molecule has 0 fully saturated rings. The topological polar surface area (TPSA) is 89.8 Å². The summed E-state index contributed by atoms with van der Waals surface area (Å²) in [6, 6.07) is 3.63. The number of carbonyl (C=O) groups is 2. The van der Waals surface area contributed by atoms with E-state index in [-0.39, 0.29) is 41.3 Å². The molecular weight excluding hydrogens is 312 g/mol. The van der Waals surface area contributed by atoms with Crippen LogP contribution < -0.4 is 0 Å². The molecule has 24 heavy (non-hydrogen) atoms. The van der Waals surface area contributed by atoms with Crippen LogP contribution in [-0.2, 0) is 4.74 Å². The molecule has 7 heteroatoms. The van der Waals surface area contributed by atoms with Crippen LogP contribution in [0, 0.1) is 16.0 Å². The molecule has 0 heterocycles. The first-order valence-electron chi connectivity index (χ1n) is 8.00. The maximum absolute atomic E-state index is 12.8. The Hall–Kier alpha value is -2.44. The lowest BCUT2D eigenvalue weighted by molar-refractivity contribution is -0.384. The Morgan fingerprint density at radius 3 is 2.21 bits per heavy atom. The molecule has 1 aromatic rings. The number of nitro benzene ring substituents is 1. The van der Waals surface area contributed by atoms with Gasteiger partial charge < -0.3 is 9.64 Å². The van der Waals surface area contributed by atoms with Crippen LogP contribution in [0.1, 0.15) is 55.3 Å². The van der Waals surface area contributed by atoms with Gasteiger partial charge in [0.1, 0.15) is 0 Å². The number of ether oxygens (including phenoxy) is 1. The monoisotopic (exact) mass is 336 g/mol. The molecule has 0 spiro atoms. The van der Waals surface area contributed by atoms with E-state index in [1.54, 1.807) is 11.8 Å². The Balaban J connectivity index is 3.32. The van der Waals surface area contributed by atoms with Gasteiger partial charge in [0.25, 0.3) is 11.6 Å². The first-order valence-corrected chi connectivity index (χ1v) is 8.00. The molecular formula is C17H24N2O5. The Labute approximate surface area is 141 Å². The maximum atomic E-state index is 12.8. The summed E-state index contributed by atoms with van der Waals surface area (Å²) in [6.45, 7) is 10.0. The van der Waals surface area contributed by atoms with E-state index in [9.17, 15) is 19.7 Å². The highest BCUT2D eigenvalue weighted by molar-refractivity contribution is 5.99. The van der Waals surface area contributed by atoms with E-state index in [1.165, 1.54) is 12.1 Å². The van der Waals surface area contributed by atoms with Crippen molar-refractivity contribution >= 4 is 17.6 Å². The quantitative estimate of drug-likeness (QED) is 0.433. The van der Waals surface area contributed by atoms with Gasteiger partial charge >= 0.3 is 5.97 Å². The minimum absolute atomic E-state index is 0.00246. The van der Waals surface area contributed by atoms with Crippen LogP contribution >= 0.6 is 0 Å². The maximum Gasteiger partial charge on any atom is 0.338 e. The van der Waals surface area contributed by atoms with E-state index in [0.29, 0.717) is 6.54 Å². The van der Waals surface area contributed by atoms with Gasteiger partial charge in [-0.15, -0.1) is 0 Å². The number of hydrogen-bond acceptors (Lipinski definition) is 5. The van der Waals surface area contributed by atoms with Gasteiger partial charge in [-0.25, -0.2) is 4.79 Å². The number of amides is 1. The number of nitrogens with zero attached hydrogens (tertiary/aromatic N) is 2. The molecule has 0 N–H and O–H groups in total. The first kappa shape index (κ1) is 19.6. The third kappa shape index (κ3) is 4.53. The Morgan fingerprint density at radius 2 is 1.75 bits per heavy atom. The van der Waals surface area contributed by atoms with E-state index in [1.807, 2.05) is 27.7 Å². The van der Waals surface area contributed by atoms with E-state index in [4.69, 9.17) is 4.74 Å². The molecule has 7 nitrogen and oxygen atoms in total. The summed E-state index contributed by atoms with van der Waals surface area (Å²) in [5.74, 6) is -0.791. The SMILES string of the molecule is CCOC(=O)c1cc(C(=O)N(CC)[C@@H](C)C(C)C)cc([N+](=O)[O-])c1. The van der Waals surface area contributed by atoms with Crippen LogP contribution in [0.2, 0.25) is 0 Å². The molecule has 0 radical (unpaired) electrons. The van der Waals surface area contributed by atoms with Gasteiger partial charge in [0.05, 0.1) is 17.1 Å². The largest absolute Gasteiger partial charge is 0.462 e. The van der Waals surface area contributed by atoms with Crippen LogP contribution in [0.25, 0.3) is 0 Å². The highest BCUT2D eigenvalue weighted by Gasteiger charge is 2.25. The zero-order chi connectivity index (χ0) is 18.4. The average Bonchev–Trinajstić information content (AvgIpc) is 2.54. The summed E-state index contributed by atoms with van der Waals surface area (Å²) in [6.07, 6.45) is 0. The Bertz CT molecular complexity index is 627. The first-order chi connectivity index (χ1) is 11.2. The molecule has 0 saturated heterocycles. The van der Waals surface area contributed by atoms with Gasteiger partial charge in [-0.3, -0.25) is 14.9 Å². The predicted octanol–water partition coefficient (Wildman–Crippen LogP) is 3.28. The lowest BCUT2D eigenvalue weighted by atomic mass is 10.0. The summed E-state index contributed by atoms with van der Waals surface area (Å²) >= 11 is 0. The van der Waals surface area contributed by atoms with Crippen molar-refractivity contribution in [2.75, 3.05) is 13.2 Å². The lowest BCUT2D eigenvalue weighted by Gasteiger charge is -2.31. The lowest BCUT2D eigenvalue weighted by Crippen LogP contribution is -2.41. The van der Waals surface area contributed by atoms with E-state index >= 15 is 0 Å². The summed E-state index contributed by atoms with van der Waals surface area (Å²) in [5.41, 5.74) is -0.193. The number of benzene rings is 1. The molecule has 132 valence electrons. The minimum Gasteiger partial charge on any atom is -0.462 e. The second kappa shape index (κ2) is 8.42. The molecule has 0 aliphatic carbocycles. The van der Waals surface area contributed by atoms with Crippen LogP contribution in [0.5, 0.6) is 0 Å². The molecule has 1 rings (SSSR count). The number of non-ortho nitro benzene ring substituents is 1. The summed E-state index contributed by atoms with van der Waals surface area (Å²) in [7, 11) is 0. The number of rotatable bonds is 7. The van der Waals surface area contributed by atoms with Crippen molar-refractivity contribution < 1.29 is 19.2 Å². The fourth-order valence-electron chi connectivity index (χ4n) is 2.31. The standard InChI is InChI=1S/C17H24N2O5/c1-6-18(12(5)11(3)4)16(20)13-8-14(17(21)24-7-2)10-15(9-13)19(22)23/h8-12H,6-7H2,1-5H3/t12-/m0/s1. The van der Waals surface area contributed by atoms with Crippen molar-refractivity contribution in [1.29, 1.82) is 0 Å². The van der Waals surface area contributed by atoms with Crippen LogP contribution in [0.4, 0.5) is 5.69 Å². The fourth-order valence-corrected chi connectivity index (χ4v) is 2.31. The molecule has 0 aliphatic rings. The minimum atomic E-state index is -0.685. The second-order valence-corrected chi connectivity index (χ2v) is 5.82. The number of nitro groups is 1. The van der Waals surface area contributed by atoms with Crippen LogP contribution in [-0.4, -0.2) is 40.9 Å². The normalized spacial score (nSPS) is 11.9. The van der Waals surface area contributed by atoms with Gasteiger partial charge in [0, 0.05) is 30.3 Å². The van der Waals surface area contributed by atoms with E-state index < -0.39 is 10.9 Å². The average molecular weight is 336 g/mol. The van der Waals surface area contributed by atoms with Crippen molar-refractivity contribution in [1.82, 2.24) is 4.90 Å². The Morgan fingerprint density at radius 1 is 1.17 bits per heavy atom. The van der Waals surface area contributed by atoms with E-state index in [0.717, 1.165) is 6.07 Å². The second-order valence-electron chi connectivity index (χ2n) is 5.82. The third-order valence-corrected chi connectivity index (χ3v) is 3.94. The van der Waals surface area contributed by atoms with Crippen LogP contribution in [0.15, 0.2) is 18.2 Å². The van der Waals surface area contributed by atoms with Gasteiger partial charge in [0.15, 0.2) is 0 Å². The summed E-state index contributed by atoms with van der Waals surface area (Å²) in [5, 5.41) is 11.1. The fraction of sp³-hybridized carbons (Fsp3) is 0.529. The number of hydrogen-bond donors (Lipinski definition) is 0. The highest BCUT2D eigenvalue weighted by atomic mass is 16.6. The highest BCUT2D eigenvalue weighted by Crippen LogP contribution is 2.21. The van der Waals surface area contributed by atoms with Gasteiger partial charge in [-0.05, 0) is 32.8 Å². The van der Waals surface area contributed by atoms with Crippen molar-refractivity contribution in [2.24, 2.45) is 5.92 Å². The molecule has 0 bridgehead atoms. The zero-order valence-corrected chi connectivity index (χ0v) is 14.7. The van der Waals surface area contributed by atoms with Crippen LogP contribution in [0.3, 0.4) is 0 Å². The van der Waals surface area contributed by atoms with Crippen molar-refractivity contribution in [3.05, 3.63) is 39.4 Å². The third-order valence-electron chi connectivity index (χ3n) is 3.94.